The Labute approximate surface area is 177 Å². The number of hydrogen-bond donors (Lipinski definition) is 1. The summed E-state index contributed by atoms with van der Waals surface area (Å²) in [6, 6.07) is 16.0. The maximum absolute atomic E-state index is 11.5. The molecular weight excluding hydrogens is 378 g/mol. The van der Waals surface area contributed by atoms with E-state index in [1.54, 1.807) is 7.11 Å². The number of rotatable bonds is 8. The molecule has 1 fully saturated rings. The van der Waals surface area contributed by atoms with Crippen LogP contribution < -0.4 is 15.2 Å². The summed E-state index contributed by atoms with van der Waals surface area (Å²) in [5.41, 5.74) is 7.73. The van der Waals surface area contributed by atoms with Gasteiger partial charge in [-0.15, -0.1) is 0 Å². The average Bonchev–Trinajstić information content (AvgIpc) is 3.09. The molecule has 30 heavy (non-hydrogen) atoms. The molecule has 1 aliphatic heterocycles. The van der Waals surface area contributed by atoms with Crippen molar-refractivity contribution in [1.82, 2.24) is 9.47 Å². The van der Waals surface area contributed by atoms with Crippen molar-refractivity contribution in [3.8, 4) is 11.5 Å². The fourth-order valence-electron chi connectivity index (χ4n) is 4.37. The smallest absolute Gasteiger partial charge is 0.237 e. The molecule has 1 aromatic heterocycles. The fraction of sp³-hybridized carbons (Fsp3) is 0.375. The number of hydrogen-bond acceptors (Lipinski definition) is 4. The Morgan fingerprint density at radius 2 is 1.90 bits per heavy atom. The zero-order valence-corrected chi connectivity index (χ0v) is 17.4. The molecule has 6 nitrogen and oxygen atoms in total. The molecule has 0 bridgehead atoms. The molecule has 4 rings (SSSR count). The van der Waals surface area contributed by atoms with Gasteiger partial charge in [0.05, 0.1) is 13.7 Å². The minimum absolute atomic E-state index is 0.204. The van der Waals surface area contributed by atoms with Crippen molar-refractivity contribution >= 4 is 16.8 Å². The summed E-state index contributed by atoms with van der Waals surface area (Å²) in [4.78, 5) is 13.9. The Hall–Kier alpha value is -2.99. The number of aromatic nitrogens is 1. The highest BCUT2D eigenvalue weighted by Crippen LogP contribution is 2.28. The van der Waals surface area contributed by atoms with Crippen LogP contribution in [-0.4, -0.2) is 42.2 Å². The number of primary amides is 1. The van der Waals surface area contributed by atoms with E-state index in [1.807, 2.05) is 47.0 Å². The van der Waals surface area contributed by atoms with Crippen molar-refractivity contribution < 1.29 is 14.3 Å². The Morgan fingerprint density at radius 1 is 1.13 bits per heavy atom. The maximum Gasteiger partial charge on any atom is 0.237 e. The number of carbonyl (C=O) groups excluding carboxylic acids is 1. The quantitative estimate of drug-likeness (QED) is 0.621. The number of likely N-dealkylation sites (tertiary alicyclic amines) is 1. The van der Waals surface area contributed by atoms with Crippen molar-refractivity contribution in [2.24, 2.45) is 11.7 Å². The normalized spacial score (nSPS) is 17.2. The van der Waals surface area contributed by atoms with E-state index in [2.05, 4.69) is 17.2 Å². The van der Waals surface area contributed by atoms with Gasteiger partial charge in [-0.25, -0.2) is 0 Å². The van der Waals surface area contributed by atoms with Gasteiger partial charge in [-0.1, -0.05) is 30.3 Å². The highest BCUT2D eigenvalue weighted by atomic mass is 16.5. The predicted molar refractivity (Wildman–Crippen MR) is 118 cm³/mol. The van der Waals surface area contributed by atoms with Crippen LogP contribution in [0.15, 0.2) is 54.7 Å². The summed E-state index contributed by atoms with van der Waals surface area (Å²) < 4.78 is 13.4. The second-order valence-electron chi connectivity index (χ2n) is 7.97. The van der Waals surface area contributed by atoms with Crippen LogP contribution in [-0.2, 0) is 17.9 Å². The number of methoxy groups -OCH3 is 1. The Morgan fingerprint density at radius 3 is 2.70 bits per heavy atom. The summed E-state index contributed by atoms with van der Waals surface area (Å²) in [6.45, 7) is 3.80. The molecule has 2 heterocycles. The minimum Gasteiger partial charge on any atom is -0.493 e. The lowest BCUT2D eigenvalue weighted by Gasteiger charge is -2.32. The number of benzene rings is 2. The summed E-state index contributed by atoms with van der Waals surface area (Å²) in [5.74, 6) is 1.72. The molecule has 6 heteroatoms. The van der Waals surface area contributed by atoms with Crippen LogP contribution in [0.25, 0.3) is 10.9 Å². The number of carbonyl (C=O) groups is 1. The summed E-state index contributed by atoms with van der Waals surface area (Å²) in [7, 11) is 1.67. The zero-order chi connectivity index (χ0) is 20.9. The molecule has 1 aliphatic rings. The average molecular weight is 408 g/mol. The first kappa shape index (κ1) is 20.3. The van der Waals surface area contributed by atoms with Gasteiger partial charge in [0.25, 0.3) is 0 Å². The SMILES string of the molecule is COc1ccccc1OC[C@H]1CCCN(Cc2cn(CC(N)=O)c3ccccc23)C1. The monoisotopic (exact) mass is 407 g/mol. The molecule has 1 amide bonds. The van der Waals surface area contributed by atoms with Gasteiger partial charge in [-0.3, -0.25) is 9.69 Å². The van der Waals surface area contributed by atoms with E-state index >= 15 is 0 Å². The third-order valence-electron chi connectivity index (χ3n) is 5.74. The minimum atomic E-state index is -0.325. The molecule has 3 aromatic rings. The zero-order valence-electron chi connectivity index (χ0n) is 17.4. The first-order valence-electron chi connectivity index (χ1n) is 10.5. The molecule has 2 N–H and O–H groups in total. The van der Waals surface area contributed by atoms with Gasteiger partial charge >= 0.3 is 0 Å². The second kappa shape index (κ2) is 9.22. The number of nitrogens with two attached hydrogens (primary N) is 1. The lowest BCUT2D eigenvalue weighted by Crippen LogP contribution is -2.37. The van der Waals surface area contributed by atoms with Crippen LogP contribution in [0.3, 0.4) is 0 Å². The highest BCUT2D eigenvalue weighted by Gasteiger charge is 2.22. The lowest BCUT2D eigenvalue weighted by molar-refractivity contribution is -0.118. The summed E-state index contributed by atoms with van der Waals surface area (Å²) in [6.07, 6.45) is 4.39. The van der Waals surface area contributed by atoms with Crippen LogP contribution in [0.2, 0.25) is 0 Å². The van der Waals surface area contributed by atoms with E-state index in [1.165, 1.54) is 10.9 Å². The Kier molecular flexibility index (Phi) is 6.23. The standard InChI is InChI=1S/C24H29N3O3/c1-29-22-10-4-5-11-23(22)30-17-18-7-6-12-26(13-18)14-19-15-27(16-24(25)28)21-9-3-2-8-20(19)21/h2-5,8-11,15,18H,6-7,12-14,16-17H2,1H3,(H2,25,28)/t18-/m0/s1. The predicted octanol–water partition coefficient (Wildman–Crippen LogP) is 3.43. The van der Waals surface area contributed by atoms with Crippen LogP contribution in [0.1, 0.15) is 18.4 Å². The molecule has 158 valence electrons. The van der Waals surface area contributed by atoms with E-state index in [0.29, 0.717) is 12.5 Å². The molecule has 0 spiro atoms. The summed E-state index contributed by atoms with van der Waals surface area (Å²) >= 11 is 0. The Balaban J connectivity index is 1.42. The molecule has 0 unspecified atom stereocenters. The van der Waals surface area contributed by atoms with Gasteiger partial charge < -0.3 is 19.8 Å². The first-order valence-corrected chi connectivity index (χ1v) is 10.5. The van der Waals surface area contributed by atoms with E-state index in [4.69, 9.17) is 15.2 Å². The third kappa shape index (κ3) is 4.60. The van der Waals surface area contributed by atoms with Gasteiger partial charge in [-0.2, -0.15) is 0 Å². The van der Waals surface area contributed by atoms with Gasteiger partial charge in [0.2, 0.25) is 5.91 Å². The number of amides is 1. The molecule has 0 aliphatic carbocycles. The molecule has 0 saturated carbocycles. The van der Waals surface area contributed by atoms with Crippen LogP contribution >= 0.6 is 0 Å². The molecule has 2 aromatic carbocycles. The highest BCUT2D eigenvalue weighted by molar-refractivity contribution is 5.85. The number of nitrogens with zero attached hydrogens (tertiary/aromatic N) is 2. The molecular formula is C24H29N3O3. The number of ether oxygens (including phenoxy) is 2. The van der Waals surface area contributed by atoms with Gasteiger partial charge in [0, 0.05) is 36.1 Å². The molecule has 0 radical (unpaired) electrons. The van der Waals surface area contributed by atoms with E-state index in [-0.39, 0.29) is 12.5 Å². The van der Waals surface area contributed by atoms with Crippen LogP contribution in [0.5, 0.6) is 11.5 Å². The van der Waals surface area contributed by atoms with Gasteiger partial charge in [0.15, 0.2) is 11.5 Å². The van der Waals surface area contributed by atoms with Crippen LogP contribution in [0.4, 0.5) is 0 Å². The van der Waals surface area contributed by atoms with Crippen molar-refractivity contribution in [2.75, 3.05) is 26.8 Å². The second-order valence-corrected chi connectivity index (χ2v) is 7.97. The molecule has 1 saturated heterocycles. The van der Waals surface area contributed by atoms with E-state index in [0.717, 1.165) is 49.5 Å². The number of fused-ring (bicyclic) bond motifs is 1. The van der Waals surface area contributed by atoms with E-state index < -0.39 is 0 Å². The third-order valence-corrected chi connectivity index (χ3v) is 5.74. The topological polar surface area (TPSA) is 69.7 Å². The van der Waals surface area contributed by atoms with Crippen molar-refractivity contribution in [3.63, 3.8) is 0 Å². The summed E-state index contributed by atoms with van der Waals surface area (Å²) in [5, 5.41) is 1.19. The van der Waals surface area contributed by atoms with Gasteiger partial charge in [0.1, 0.15) is 6.54 Å². The number of piperidine rings is 1. The van der Waals surface area contributed by atoms with E-state index in [9.17, 15) is 4.79 Å². The maximum atomic E-state index is 11.5. The lowest BCUT2D eigenvalue weighted by atomic mass is 9.98. The Bertz CT molecular complexity index is 1010. The van der Waals surface area contributed by atoms with Crippen LogP contribution in [0, 0.1) is 5.92 Å². The van der Waals surface area contributed by atoms with Crippen molar-refractivity contribution in [2.45, 2.75) is 25.9 Å². The van der Waals surface area contributed by atoms with Gasteiger partial charge in [-0.05, 0) is 43.1 Å². The fourth-order valence-corrected chi connectivity index (χ4v) is 4.37. The van der Waals surface area contributed by atoms with Crippen molar-refractivity contribution in [1.29, 1.82) is 0 Å². The number of para-hydroxylation sites is 3. The molecule has 1 atom stereocenters. The van der Waals surface area contributed by atoms with Crippen molar-refractivity contribution in [3.05, 3.63) is 60.3 Å². The largest absolute Gasteiger partial charge is 0.493 e. The first-order chi connectivity index (χ1) is 14.6.